The zero-order valence-electron chi connectivity index (χ0n) is 18.3. The first-order chi connectivity index (χ1) is 15.3. The molecule has 0 aliphatic heterocycles. The first-order valence-corrected chi connectivity index (χ1v) is 10.8. The van der Waals surface area contributed by atoms with Crippen LogP contribution in [0.4, 0.5) is 0 Å². The highest BCUT2D eigenvalue weighted by molar-refractivity contribution is 7.80. The summed E-state index contributed by atoms with van der Waals surface area (Å²) >= 11 is 11.7. The van der Waals surface area contributed by atoms with E-state index in [1.54, 1.807) is 23.7 Å². The molecule has 0 aliphatic carbocycles. The van der Waals surface area contributed by atoms with Crippen molar-refractivity contribution >= 4 is 46.0 Å². The molecule has 0 fully saturated rings. The second-order valence-electron chi connectivity index (χ2n) is 7.59. The maximum atomic E-state index is 7.09. The maximum absolute atomic E-state index is 7.09. The number of nitrogens with zero attached hydrogens (tertiary/aromatic N) is 7. The molecule has 1 aromatic carbocycles. The Morgan fingerprint density at radius 1 is 1.34 bits per heavy atom. The van der Waals surface area contributed by atoms with Gasteiger partial charge in [0.15, 0.2) is 5.11 Å². The predicted molar refractivity (Wildman–Crippen MR) is 134 cm³/mol. The number of likely N-dealkylation sites (N-methyl/N-ethyl adjacent to an activating group) is 1. The number of halogens is 1. The number of aryl methyl sites for hydroxylation is 1. The number of nitrogens with two attached hydrogens (primary N) is 1. The zero-order valence-corrected chi connectivity index (χ0v) is 19.9. The summed E-state index contributed by atoms with van der Waals surface area (Å²) in [6, 6.07) is 5.78. The van der Waals surface area contributed by atoms with Crippen molar-refractivity contribution in [3.05, 3.63) is 58.3 Å². The Kier molecular flexibility index (Phi) is 7.75. The Balaban J connectivity index is 2.12. The topological polar surface area (TPSA) is 79.9 Å². The van der Waals surface area contributed by atoms with Crippen LogP contribution in [-0.4, -0.2) is 69.5 Å². The molecule has 0 saturated heterocycles. The van der Waals surface area contributed by atoms with E-state index >= 15 is 0 Å². The third-order valence-electron chi connectivity index (χ3n) is 4.93. The van der Waals surface area contributed by atoms with Crippen LogP contribution in [0, 0.1) is 6.57 Å². The molecule has 10 heteroatoms. The lowest BCUT2D eigenvalue weighted by Crippen LogP contribution is -2.36. The van der Waals surface area contributed by atoms with Crippen LogP contribution in [0.25, 0.3) is 27.1 Å². The van der Waals surface area contributed by atoms with E-state index in [4.69, 9.17) is 41.1 Å². The third kappa shape index (κ3) is 5.59. The molecule has 0 atom stereocenters. The van der Waals surface area contributed by atoms with E-state index in [1.807, 2.05) is 48.8 Å². The molecule has 3 aromatic rings. The Morgan fingerprint density at radius 2 is 2.12 bits per heavy atom. The van der Waals surface area contributed by atoms with Gasteiger partial charge in [-0.05, 0) is 50.1 Å². The molecule has 0 spiro atoms. The number of pyridine rings is 1. The van der Waals surface area contributed by atoms with Crippen LogP contribution in [-0.2, 0) is 13.5 Å². The van der Waals surface area contributed by atoms with Crippen molar-refractivity contribution in [2.75, 3.05) is 33.7 Å². The molecule has 2 aromatic heterocycles. The lowest BCUT2D eigenvalue weighted by atomic mass is 10.0. The zero-order chi connectivity index (χ0) is 23.3. The van der Waals surface area contributed by atoms with E-state index in [-0.39, 0.29) is 5.11 Å². The third-order valence-corrected chi connectivity index (χ3v) is 5.49. The fourth-order valence-corrected chi connectivity index (χ4v) is 3.57. The lowest BCUT2D eigenvalue weighted by molar-refractivity contribution is 0.339. The summed E-state index contributed by atoms with van der Waals surface area (Å²) in [5, 5.41) is 7.84. The van der Waals surface area contributed by atoms with E-state index in [1.165, 1.54) is 0 Å². The summed E-state index contributed by atoms with van der Waals surface area (Å²) in [7, 11) is 5.87. The van der Waals surface area contributed by atoms with E-state index in [0.29, 0.717) is 24.5 Å². The Morgan fingerprint density at radius 3 is 2.75 bits per heavy atom. The molecule has 0 amide bonds. The monoisotopic (exact) mass is 468 g/mol. The van der Waals surface area contributed by atoms with E-state index < -0.39 is 0 Å². The van der Waals surface area contributed by atoms with Crippen molar-refractivity contribution in [2.24, 2.45) is 17.9 Å². The van der Waals surface area contributed by atoms with E-state index in [2.05, 4.69) is 14.9 Å². The number of hydrogen-bond acceptors (Lipinski definition) is 5. The van der Waals surface area contributed by atoms with Gasteiger partial charge in [-0.1, -0.05) is 11.6 Å². The first-order valence-electron chi connectivity index (χ1n) is 9.99. The highest BCUT2D eigenvalue weighted by Crippen LogP contribution is 2.29. The number of rotatable bonds is 8. The van der Waals surface area contributed by atoms with Gasteiger partial charge in [0.05, 0.1) is 42.2 Å². The van der Waals surface area contributed by atoms with Gasteiger partial charge in [-0.25, -0.2) is 21.5 Å². The van der Waals surface area contributed by atoms with Crippen LogP contribution >= 0.6 is 23.8 Å². The number of hydrazone groups is 1. The second kappa shape index (κ2) is 10.5. The van der Waals surface area contributed by atoms with Crippen molar-refractivity contribution in [3.63, 3.8) is 0 Å². The summed E-state index contributed by atoms with van der Waals surface area (Å²) in [5.74, 6) is 0. The lowest BCUT2D eigenvalue weighted by Gasteiger charge is -2.19. The fraction of sp³-hybridized carbons (Fsp3) is 0.318. The minimum absolute atomic E-state index is 0.203. The molecule has 0 saturated carbocycles. The van der Waals surface area contributed by atoms with Crippen LogP contribution < -0.4 is 5.73 Å². The number of imidazole rings is 1. The van der Waals surface area contributed by atoms with Crippen molar-refractivity contribution < 1.29 is 0 Å². The van der Waals surface area contributed by atoms with Gasteiger partial charge >= 0.3 is 0 Å². The molecule has 0 unspecified atom stereocenters. The summed E-state index contributed by atoms with van der Waals surface area (Å²) in [5.41, 5.74) is 9.98. The van der Waals surface area contributed by atoms with Gasteiger partial charge in [0.2, 0.25) is 6.54 Å². The van der Waals surface area contributed by atoms with Gasteiger partial charge in [-0.15, -0.1) is 0 Å². The summed E-state index contributed by atoms with van der Waals surface area (Å²) < 4.78 is 1.90. The van der Waals surface area contributed by atoms with Crippen molar-refractivity contribution in [1.82, 2.24) is 24.4 Å². The summed E-state index contributed by atoms with van der Waals surface area (Å²) in [6.45, 7) is 8.78. The first kappa shape index (κ1) is 23.6. The highest BCUT2D eigenvalue weighted by Gasteiger charge is 2.13. The van der Waals surface area contributed by atoms with Crippen LogP contribution in [0.15, 0.2) is 35.8 Å². The number of hydrogen-bond donors (Lipinski definition) is 1. The fourth-order valence-electron chi connectivity index (χ4n) is 3.18. The number of fused-ring (bicyclic) bond motifs is 1. The SMILES string of the molecule is [C-]#[N+]CCc1cc2c(C=NN(CCN(C)C)C(N)=S)cc(-c3cncn3C)nc2cc1Cl. The van der Waals surface area contributed by atoms with Crippen molar-refractivity contribution in [1.29, 1.82) is 0 Å². The number of aromatic nitrogens is 3. The van der Waals surface area contributed by atoms with Gasteiger partial charge in [0.25, 0.3) is 0 Å². The van der Waals surface area contributed by atoms with Gasteiger partial charge in [0, 0.05) is 36.0 Å². The second-order valence-corrected chi connectivity index (χ2v) is 8.41. The summed E-state index contributed by atoms with van der Waals surface area (Å²) in [6.07, 6.45) is 5.80. The maximum Gasteiger partial charge on any atom is 0.218 e. The average Bonchev–Trinajstić information content (AvgIpc) is 3.17. The van der Waals surface area contributed by atoms with Gasteiger partial charge in [-0.3, -0.25) is 0 Å². The molecule has 2 heterocycles. The van der Waals surface area contributed by atoms with Crippen LogP contribution in [0.3, 0.4) is 0 Å². The van der Waals surface area contributed by atoms with E-state index in [9.17, 15) is 0 Å². The van der Waals surface area contributed by atoms with E-state index in [0.717, 1.165) is 40.0 Å². The highest BCUT2D eigenvalue weighted by atomic mass is 35.5. The molecule has 0 aliphatic rings. The predicted octanol–water partition coefficient (Wildman–Crippen LogP) is 3.19. The minimum Gasteiger partial charge on any atom is -0.375 e. The quantitative estimate of drug-likeness (QED) is 0.237. The molecule has 166 valence electrons. The van der Waals surface area contributed by atoms with Crippen LogP contribution in [0.5, 0.6) is 0 Å². The van der Waals surface area contributed by atoms with Gasteiger partial charge in [-0.2, -0.15) is 5.10 Å². The largest absolute Gasteiger partial charge is 0.375 e. The summed E-state index contributed by atoms with van der Waals surface area (Å²) in [4.78, 5) is 14.5. The van der Waals surface area contributed by atoms with Crippen LogP contribution in [0.2, 0.25) is 5.02 Å². The van der Waals surface area contributed by atoms with Gasteiger partial charge < -0.3 is 20.0 Å². The standard InChI is InChI=1S/C22H25ClN8S/c1-25-6-5-15-9-17-16(12-27-31(22(24)32)8-7-29(2)3)10-20(21-13-26-14-30(21)4)28-19(17)11-18(15)23/h9-14H,5-8H2,2-4H3,(H2,24,32). The normalized spacial score (nSPS) is 11.4. The molecule has 0 radical (unpaired) electrons. The molecule has 0 bridgehead atoms. The van der Waals surface area contributed by atoms with Gasteiger partial charge in [0.1, 0.15) is 0 Å². The Hall–Kier alpha value is -3.06. The average molecular weight is 469 g/mol. The van der Waals surface area contributed by atoms with Crippen molar-refractivity contribution in [2.45, 2.75) is 6.42 Å². The molecule has 3 rings (SSSR count). The minimum atomic E-state index is 0.203. The smallest absolute Gasteiger partial charge is 0.218 e. The molecule has 2 N–H and O–H groups in total. The van der Waals surface area contributed by atoms with Crippen molar-refractivity contribution in [3.8, 4) is 11.4 Å². The number of thiocarbonyl (C=S) groups is 1. The van der Waals surface area contributed by atoms with Crippen LogP contribution in [0.1, 0.15) is 11.1 Å². The molecule has 8 nitrogen and oxygen atoms in total. The molecular weight excluding hydrogens is 444 g/mol. The Labute approximate surface area is 198 Å². The molecular formula is C22H25ClN8S. The number of benzene rings is 1. The molecule has 32 heavy (non-hydrogen) atoms. The Bertz CT molecular complexity index is 1190.